The van der Waals surface area contributed by atoms with Gasteiger partial charge in [0.15, 0.2) is 5.69 Å². The summed E-state index contributed by atoms with van der Waals surface area (Å²) < 4.78 is 10.7. The van der Waals surface area contributed by atoms with Crippen molar-refractivity contribution in [2.24, 2.45) is 7.05 Å². The van der Waals surface area contributed by atoms with E-state index in [9.17, 15) is 0 Å². The van der Waals surface area contributed by atoms with Crippen molar-refractivity contribution in [2.45, 2.75) is 47.0 Å². The van der Waals surface area contributed by atoms with E-state index in [1.165, 1.54) is 27.9 Å². The van der Waals surface area contributed by atoms with Crippen LogP contribution < -0.4 is 4.57 Å². The Hall–Kier alpha value is -2.15. The zero-order valence-electron chi connectivity index (χ0n) is 16.9. The molecule has 0 atom stereocenters. The molecule has 24 heavy (non-hydrogen) atoms. The number of hydrogen-bond acceptors (Lipinski definition) is 0. The number of aryl methyl sites for hydroxylation is 2. The molecular weight excluding hydrogens is 290 g/mol. The van der Waals surface area contributed by atoms with Crippen LogP contribution in [0, 0.1) is 20.8 Å². The van der Waals surface area contributed by atoms with Gasteiger partial charge in [-0.15, -0.1) is 0 Å². The maximum atomic E-state index is 8.56. The smallest absolute Gasteiger partial charge is 0.198 e. The standard InChI is InChI=1S/C23H28N/c1-15-8-11-20-18(12-15)13-17(3)24(7)22(20)21-14-19(23(4,5)6)10-9-16(21)2/h8-14H,1-7H3/q+1/i13D. The van der Waals surface area contributed by atoms with Crippen molar-refractivity contribution in [3.63, 3.8) is 0 Å². The fourth-order valence-corrected chi connectivity index (χ4v) is 3.26. The second-order valence-electron chi connectivity index (χ2n) is 7.95. The first-order valence-electron chi connectivity index (χ1n) is 9.12. The summed E-state index contributed by atoms with van der Waals surface area (Å²) >= 11 is 0. The molecule has 0 amide bonds. The van der Waals surface area contributed by atoms with Gasteiger partial charge in [0, 0.05) is 13.0 Å². The van der Waals surface area contributed by atoms with E-state index >= 15 is 0 Å². The average molecular weight is 319 g/mol. The first kappa shape index (κ1) is 15.4. The summed E-state index contributed by atoms with van der Waals surface area (Å²) in [7, 11) is 2.07. The maximum absolute atomic E-state index is 8.56. The Morgan fingerprint density at radius 3 is 2.33 bits per heavy atom. The summed E-state index contributed by atoms with van der Waals surface area (Å²) in [5.41, 5.74) is 7.36. The van der Waals surface area contributed by atoms with E-state index in [1.807, 2.05) is 6.92 Å². The highest BCUT2D eigenvalue weighted by Crippen LogP contribution is 2.33. The van der Waals surface area contributed by atoms with Gasteiger partial charge in [0.2, 0.25) is 5.69 Å². The minimum Gasteiger partial charge on any atom is -0.198 e. The number of rotatable bonds is 1. The fourth-order valence-electron chi connectivity index (χ4n) is 3.26. The van der Waals surface area contributed by atoms with Crippen LogP contribution in [0.2, 0.25) is 0 Å². The van der Waals surface area contributed by atoms with Gasteiger partial charge >= 0.3 is 0 Å². The molecule has 0 fully saturated rings. The van der Waals surface area contributed by atoms with Gasteiger partial charge in [-0.1, -0.05) is 50.6 Å². The number of fused-ring (bicyclic) bond motifs is 1. The second kappa shape index (κ2) is 5.73. The van der Waals surface area contributed by atoms with Crippen LogP contribution >= 0.6 is 0 Å². The van der Waals surface area contributed by atoms with Crippen LogP contribution in [0.5, 0.6) is 0 Å². The third-order valence-corrected chi connectivity index (χ3v) is 4.94. The number of nitrogens with zero attached hydrogens (tertiary/aromatic N) is 1. The summed E-state index contributed by atoms with van der Waals surface area (Å²) in [4.78, 5) is 0. The van der Waals surface area contributed by atoms with Gasteiger partial charge in [-0.2, -0.15) is 4.57 Å². The second-order valence-corrected chi connectivity index (χ2v) is 7.95. The topological polar surface area (TPSA) is 3.88 Å². The quantitative estimate of drug-likeness (QED) is 0.517. The van der Waals surface area contributed by atoms with Crippen molar-refractivity contribution in [3.8, 4) is 11.3 Å². The molecule has 0 saturated carbocycles. The minimum atomic E-state index is 0.109. The molecular formula is C23H28N+. The normalized spacial score (nSPS) is 12.5. The van der Waals surface area contributed by atoms with E-state index in [-0.39, 0.29) is 5.41 Å². The summed E-state index contributed by atoms with van der Waals surface area (Å²) in [6.07, 6.45) is 0. The molecule has 0 aliphatic rings. The fraction of sp³-hybridized carbons (Fsp3) is 0.348. The van der Waals surface area contributed by atoms with Crippen LogP contribution in [0.3, 0.4) is 0 Å². The van der Waals surface area contributed by atoms with Gasteiger partial charge in [0.25, 0.3) is 0 Å². The Labute approximate surface area is 147 Å². The molecule has 1 nitrogen and oxygen atoms in total. The third kappa shape index (κ3) is 2.84. The van der Waals surface area contributed by atoms with Gasteiger partial charge in [-0.25, -0.2) is 0 Å². The largest absolute Gasteiger partial charge is 0.220 e. The lowest BCUT2D eigenvalue weighted by Crippen LogP contribution is -2.35. The molecule has 0 bridgehead atoms. The Kier molecular flexibility index (Phi) is 3.68. The van der Waals surface area contributed by atoms with E-state index in [1.54, 1.807) is 0 Å². The molecule has 0 unspecified atom stereocenters. The summed E-state index contributed by atoms with van der Waals surface area (Å²) in [5, 5.41) is 2.18. The number of hydrogen-bond donors (Lipinski definition) is 0. The molecule has 0 aliphatic carbocycles. The van der Waals surface area contributed by atoms with Crippen molar-refractivity contribution in [2.75, 3.05) is 0 Å². The third-order valence-electron chi connectivity index (χ3n) is 4.94. The molecule has 0 aliphatic heterocycles. The molecule has 3 rings (SSSR count). The van der Waals surface area contributed by atoms with E-state index < -0.39 is 0 Å². The number of benzene rings is 2. The van der Waals surface area contributed by atoms with Crippen LogP contribution in [0.1, 0.15) is 44.5 Å². The SMILES string of the molecule is [2H]c1c(C)[n+](C)c(-c2cc(C(C)(C)C)ccc2C)c2ccc(C)cc12. The molecule has 124 valence electrons. The van der Waals surface area contributed by atoms with E-state index in [0.717, 1.165) is 16.5 Å². The van der Waals surface area contributed by atoms with Crippen molar-refractivity contribution in [3.05, 3.63) is 64.8 Å². The highest BCUT2D eigenvalue weighted by molar-refractivity contribution is 5.94. The molecule has 1 aromatic heterocycles. The monoisotopic (exact) mass is 319 g/mol. The summed E-state index contributed by atoms with van der Waals surface area (Å²) in [6.45, 7) is 13.1. The lowest BCUT2D eigenvalue weighted by atomic mass is 9.84. The molecule has 0 saturated heterocycles. The van der Waals surface area contributed by atoms with Gasteiger partial charge in [0.05, 0.1) is 12.3 Å². The van der Waals surface area contributed by atoms with Gasteiger partial charge < -0.3 is 0 Å². The zero-order valence-corrected chi connectivity index (χ0v) is 15.9. The van der Waals surface area contributed by atoms with Gasteiger partial charge in [-0.05, 0) is 47.9 Å². The Balaban J connectivity index is 2.45. The highest BCUT2D eigenvalue weighted by atomic mass is 14.9. The molecule has 0 spiro atoms. The van der Waals surface area contributed by atoms with Crippen LogP contribution in [0.15, 0.2) is 42.4 Å². The Morgan fingerprint density at radius 1 is 0.958 bits per heavy atom. The molecule has 1 heteroatoms. The minimum absolute atomic E-state index is 0.109. The Bertz CT molecular complexity index is 978. The molecule has 0 radical (unpaired) electrons. The summed E-state index contributed by atoms with van der Waals surface area (Å²) in [5.74, 6) is 0. The van der Waals surface area contributed by atoms with E-state index in [0.29, 0.717) is 6.04 Å². The van der Waals surface area contributed by atoms with Crippen LogP contribution in [-0.4, -0.2) is 0 Å². The predicted octanol–water partition coefficient (Wildman–Crippen LogP) is 5.55. The highest BCUT2D eigenvalue weighted by Gasteiger charge is 2.22. The van der Waals surface area contributed by atoms with Crippen LogP contribution in [-0.2, 0) is 12.5 Å². The van der Waals surface area contributed by atoms with E-state index in [2.05, 4.69) is 82.6 Å². The van der Waals surface area contributed by atoms with Crippen molar-refractivity contribution >= 4 is 10.8 Å². The first-order valence-corrected chi connectivity index (χ1v) is 8.62. The lowest BCUT2D eigenvalue weighted by molar-refractivity contribution is -0.665. The van der Waals surface area contributed by atoms with Crippen LogP contribution in [0.4, 0.5) is 0 Å². The Morgan fingerprint density at radius 2 is 1.67 bits per heavy atom. The van der Waals surface area contributed by atoms with Crippen molar-refractivity contribution < 1.29 is 5.94 Å². The maximum Gasteiger partial charge on any atom is 0.220 e. The molecule has 1 heterocycles. The molecule has 2 aromatic carbocycles. The number of aromatic nitrogens is 1. The number of pyridine rings is 1. The van der Waals surface area contributed by atoms with Crippen LogP contribution in [0.25, 0.3) is 22.0 Å². The lowest BCUT2D eigenvalue weighted by Gasteiger charge is -2.21. The zero-order chi connectivity index (χ0) is 18.5. The molecule has 0 N–H and O–H groups in total. The van der Waals surface area contributed by atoms with Crippen molar-refractivity contribution in [1.29, 1.82) is 0 Å². The first-order chi connectivity index (χ1) is 11.6. The van der Waals surface area contributed by atoms with Crippen molar-refractivity contribution in [1.82, 2.24) is 0 Å². The summed E-state index contributed by atoms with van der Waals surface area (Å²) in [6, 6.07) is 13.8. The van der Waals surface area contributed by atoms with Gasteiger partial charge in [0.1, 0.15) is 7.05 Å². The van der Waals surface area contributed by atoms with Gasteiger partial charge in [-0.3, -0.25) is 0 Å². The molecule has 3 aromatic rings. The van der Waals surface area contributed by atoms with E-state index in [4.69, 9.17) is 1.37 Å². The predicted molar refractivity (Wildman–Crippen MR) is 103 cm³/mol. The average Bonchev–Trinajstić information content (AvgIpc) is 2.54.